The quantitative estimate of drug-likeness (QED) is 0.353. The zero-order valence-electron chi connectivity index (χ0n) is 16.5. The summed E-state index contributed by atoms with van der Waals surface area (Å²) in [6.45, 7) is 2.43. The van der Waals surface area contributed by atoms with Crippen LogP contribution in [0.25, 0.3) is 0 Å². The summed E-state index contributed by atoms with van der Waals surface area (Å²) in [6.07, 6.45) is 7.57. The van der Waals surface area contributed by atoms with Crippen LogP contribution < -0.4 is 28.9 Å². The molecule has 1 unspecified atom stereocenters. The predicted octanol–water partition coefficient (Wildman–Crippen LogP) is 3.03. The minimum absolute atomic E-state index is 0. The van der Waals surface area contributed by atoms with Gasteiger partial charge in [0.25, 0.3) is 0 Å². The van der Waals surface area contributed by atoms with Crippen molar-refractivity contribution in [3.8, 4) is 0 Å². The van der Waals surface area contributed by atoms with Gasteiger partial charge < -0.3 is 33.4 Å². The van der Waals surface area contributed by atoms with Crippen LogP contribution in [0.15, 0.2) is 57.2 Å². The lowest BCUT2D eigenvalue weighted by molar-refractivity contribution is -0.920. The van der Waals surface area contributed by atoms with Gasteiger partial charge in [0, 0.05) is 27.7 Å². The summed E-state index contributed by atoms with van der Waals surface area (Å²) in [7, 11) is 4.84. The van der Waals surface area contributed by atoms with Gasteiger partial charge in [-0.3, -0.25) is 0 Å². The first-order valence-corrected chi connectivity index (χ1v) is 11.7. The van der Waals surface area contributed by atoms with Crippen LogP contribution in [0.2, 0.25) is 0 Å². The van der Waals surface area contributed by atoms with Gasteiger partial charge in [-0.25, -0.2) is 0 Å². The molecule has 2 aliphatic rings. The summed E-state index contributed by atoms with van der Waals surface area (Å²) in [5.74, 6) is 0. The highest BCUT2D eigenvalue weighted by atomic mass is 127. The fraction of sp³-hybridized carbons (Fsp3) is 0.455. The molecule has 0 amide bonds. The molecule has 0 aromatic heterocycles. The average Bonchev–Trinajstić information content (AvgIpc) is 2.65. The Labute approximate surface area is 189 Å². The molecule has 0 bridgehead atoms. The first kappa shape index (κ1) is 21.3. The molecule has 2 nitrogen and oxygen atoms in total. The molecule has 1 atom stereocenters. The Bertz CT molecular complexity index is 794. The van der Waals surface area contributed by atoms with Crippen molar-refractivity contribution in [2.75, 3.05) is 38.3 Å². The minimum atomic E-state index is 0. The number of hydrogen-bond acceptors (Lipinski definition) is 3. The molecule has 2 aliphatic heterocycles. The smallest absolute Gasteiger partial charge is 0.0903 e. The summed E-state index contributed by atoms with van der Waals surface area (Å²) < 4.78 is 1.18. The third-order valence-corrected chi connectivity index (χ3v) is 7.88. The van der Waals surface area contributed by atoms with E-state index in [1.807, 2.05) is 23.5 Å². The Hall–Kier alpha value is -0.370. The number of likely N-dealkylation sites (tertiary alicyclic amines) is 1. The number of para-hydroxylation sites is 1. The van der Waals surface area contributed by atoms with E-state index >= 15 is 0 Å². The average molecular weight is 513 g/mol. The molecule has 4 rings (SSSR count). The predicted molar refractivity (Wildman–Crippen MR) is 115 cm³/mol. The van der Waals surface area contributed by atoms with E-state index in [-0.39, 0.29) is 24.0 Å². The van der Waals surface area contributed by atoms with E-state index in [1.165, 1.54) is 62.8 Å². The SMILES string of the molecule is CSc1ccc2c(c1)N(CCC1CCCC[N+]1(C)C)c1ccccc1S2.[I-]. The van der Waals surface area contributed by atoms with Crippen molar-refractivity contribution in [3.63, 3.8) is 0 Å². The van der Waals surface area contributed by atoms with E-state index in [9.17, 15) is 0 Å². The molecule has 146 valence electrons. The number of hydrogen-bond donors (Lipinski definition) is 0. The molecule has 0 spiro atoms. The summed E-state index contributed by atoms with van der Waals surface area (Å²) in [5, 5.41) is 0. The lowest BCUT2D eigenvalue weighted by Crippen LogP contribution is -3.00. The molecular weight excluding hydrogens is 483 g/mol. The van der Waals surface area contributed by atoms with E-state index in [0.717, 1.165) is 12.6 Å². The Morgan fingerprint density at radius 1 is 1.07 bits per heavy atom. The Morgan fingerprint density at radius 3 is 2.63 bits per heavy atom. The summed E-state index contributed by atoms with van der Waals surface area (Å²) in [5.41, 5.74) is 2.77. The molecule has 0 aliphatic carbocycles. The molecule has 2 heterocycles. The van der Waals surface area contributed by atoms with Crippen LogP contribution >= 0.6 is 23.5 Å². The second-order valence-electron chi connectivity index (χ2n) is 8.00. The number of rotatable bonds is 4. The number of quaternary nitrogens is 1. The summed E-state index contributed by atoms with van der Waals surface area (Å²) in [4.78, 5) is 6.70. The van der Waals surface area contributed by atoms with Gasteiger partial charge >= 0.3 is 0 Å². The lowest BCUT2D eigenvalue weighted by Gasteiger charge is -2.43. The lowest BCUT2D eigenvalue weighted by atomic mass is 9.97. The number of fused-ring (bicyclic) bond motifs is 2. The normalized spacial score (nSPS) is 20.4. The summed E-state index contributed by atoms with van der Waals surface area (Å²) in [6, 6.07) is 16.6. The molecule has 0 radical (unpaired) electrons. The molecule has 2 aromatic rings. The fourth-order valence-corrected chi connectivity index (χ4v) is 5.89. The van der Waals surface area contributed by atoms with Crippen LogP contribution in [0, 0.1) is 0 Å². The van der Waals surface area contributed by atoms with Gasteiger partial charge in [-0.1, -0.05) is 23.9 Å². The zero-order chi connectivity index (χ0) is 18.1. The number of nitrogens with zero attached hydrogens (tertiary/aromatic N) is 2. The van der Waals surface area contributed by atoms with Crippen molar-refractivity contribution in [1.29, 1.82) is 0 Å². The molecule has 2 aromatic carbocycles. The monoisotopic (exact) mass is 512 g/mol. The van der Waals surface area contributed by atoms with Gasteiger partial charge in [0.1, 0.15) is 0 Å². The van der Waals surface area contributed by atoms with Crippen LogP contribution in [0.1, 0.15) is 25.7 Å². The third kappa shape index (κ3) is 4.46. The highest BCUT2D eigenvalue weighted by Gasteiger charge is 2.32. The van der Waals surface area contributed by atoms with Crippen LogP contribution in [-0.4, -0.2) is 44.0 Å². The Morgan fingerprint density at radius 2 is 1.85 bits per heavy atom. The maximum atomic E-state index is 2.58. The minimum Gasteiger partial charge on any atom is -1.00 e. The summed E-state index contributed by atoms with van der Waals surface area (Å²) >= 11 is 3.74. The van der Waals surface area contributed by atoms with Gasteiger partial charge in [-0.2, -0.15) is 0 Å². The molecule has 5 heteroatoms. The Kier molecular flexibility index (Phi) is 7.09. The van der Waals surface area contributed by atoms with Crippen LogP contribution in [0.5, 0.6) is 0 Å². The Balaban J connectivity index is 0.00000210. The van der Waals surface area contributed by atoms with Gasteiger partial charge in [0.2, 0.25) is 0 Å². The van der Waals surface area contributed by atoms with Crippen molar-refractivity contribution in [3.05, 3.63) is 42.5 Å². The van der Waals surface area contributed by atoms with Crippen molar-refractivity contribution in [2.45, 2.75) is 46.4 Å². The topological polar surface area (TPSA) is 3.24 Å². The zero-order valence-corrected chi connectivity index (χ0v) is 20.2. The van der Waals surface area contributed by atoms with E-state index < -0.39 is 0 Å². The standard InChI is InChI=1S/C22H29N2S2.HI/c1-24(2)15-7-6-8-17(24)13-14-23-19-9-4-5-10-21(19)26-22-12-11-18(25-3)16-20(22)23;/h4-5,9-12,16-17H,6-8,13-15H2,1-3H3;1H/q+1;/p-1. The fourth-order valence-electron chi connectivity index (χ4n) is 4.38. The highest BCUT2D eigenvalue weighted by Crippen LogP contribution is 2.49. The largest absolute Gasteiger partial charge is 1.00 e. The highest BCUT2D eigenvalue weighted by molar-refractivity contribution is 8.00. The van der Waals surface area contributed by atoms with Crippen LogP contribution in [0.4, 0.5) is 11.4 Å². The first-order valence-electron chi connectivity index (χ1n) is 9.63. The number of thioether (sulfide) groups is 1. The maximum Gasteiger partial charge on any atom is 0.0903 e. The van der Waals surface area contributed by atoms with E-state index in [4.69, 9.17) is 0 Å². The molecule has 0 N–H and O–H groups in total. The van der Waals surface area contributed by atoms with Gasteiger partial charge in [-0.05, 0) is 55.9 Å². The van der Waals surface area contributed by atoms with Gasteiger partial charge in [-0.15, -0.1) is 11.8 Å². The van der Waals surface area contributed by atoms with Crippen molar-refractivity contribution in [1.82, 2.24) is 0 Å². The molecule has 1 fully saturated rings. The second kappa shape index (κ2) is 8.97. The van der Waals surface area contributed by atoms with E-state index in [1.54, 1.807) is 0 Å². The van der Waals surface area contributed by atoms with E-state index in [2.05, 4.69) is 67.7 Å². The molecular formula is C22H29IN2S2. The third-order valence-electron chi connectivity index (χ3n) is 6.03. The molecule has 27 heavy (non-hydrogen) atoms. The van der Waals surface area contributed by atoms with Crippen molar-refractivity contribution >= 4 is 34.9 Å². The number of anilines is 2. The van der Waals surface area contributed by atoms with Crippen molar-refractivity contribution in [2.24, 2.45) is 0 Å². The van der Waals surface area contributed by atoms with Gasteiger partial charge in [0.05, 0.1) is 38.1 Å². The molecule has 1 saturated heterocycles. The van der Waals surface area contributed by atoms with E-state index in [0.29, 0.717) is 0 Å². The van der Waals surface area contributed by atoms with Gasteiger partial charge in [0.15, 0.2) is 0 Å². The second-order valence-corrected chi connectivity index (χ2v) is 9.96. The molecule has 0 saturated carbocycles. The maximum absolute atomic E-state index is 2.58. The van der Waals surface area contributed by atoms with Crippen LogP contribution in [-0.2, 0) is 0 Å². The number of piperidine rings is 1. The first-order chi connectivity index (χ1) is 12.6. The number of halogens is 1. The number of benzene rings is 2. The van der Waals surface area contributed by atoms with Crippen molar-refractivity contribution < 1.29 is 28.5 Å². The van der Waals surface area contributed by atoms with Crippen LogP contribution in [0.3, 0.4) is 0 Å².